The Morgan fingerprint density at radius 1 is 1.43 bits per heavy atom. The molecule has 0 saturated heterocycles. The Bertz CT molecular complexity index is 696. The summed E-state index contributed by atoms with van der Waals surface area (Å²) in [4.78, 5) is 11.8. The van der Waals surface area contributed by atoms with Crippen LogP contribution in [0.3, 0.4) is 0 Å². The molecule has 1 aliphatic carbocycles. The van der Waals surface area contributed by atoms with Crippen molar-refractivity contribution in [3.05, 3.63) is 42.1 Å². The average Bonchev–Trinajstić information content (AvgIpc) is 2.78. The van der Waals surface area contributed by atoms with Crippen LogP contribution in [-0.2, 0) is 11.8 Å². The first-order chi connectivity index (χ1) is 10.1. The summed E-state index contributed by atoms with van der Waals surface area (Å²) in [7, 11) is 1.99. The highest BCUT2D eigenvalue weighted by Crippen LogP contribution is 2.30. The first-order valence-corrected chi connectivity index (χ1v) is 7.30. The molecule has 21 heavy (non-hydrogen) atoms. The standard InChI is InChI=1S/C17H20N2O2/c1-19-11-13(14-5-2-3-6-15(14)19)7-8-16(20)18-12-17(21)9-4-10-17/h2-3,5-8,11,21H,4,9-10,12H2,1H3,(H,18,20). The summed E-state index contributed by atoms with van der Waals surface area (Å²) in [5.74, 6) is -0.164. The van der Waals surface area contributed by atoms with E-state index < -0.39 is 5.60 Å². The molecule has 0 atom stereocenters. The predicted octanol–water partition coefficient (Wildman–Crippen LogP) is 2.22. The lowest BCUT2D eigenvalue weighted by molar-refractivity contribution is -0.118. The zero-order chi connectivity index (χ0) is 14.9. The van der Waals surface area contributed by atoms with Crippen molar-refractivity contribution in [2.45, 2.75) is 24.9 Å². The Hall–Kier alpha value is -2.07. The fourth-order valence-electron chi connectivity index (χ4n) is 2.74. The minimum absolute atomic E-state index is 0.164. The molecule has 4 heteroatoms. The fraction of sp³-hybridized carbons (Fsp3) is 0.353. The lowest BCUT2D eigenvalue weighted by atomic mass is 9.80. The van der Waals surface area contributed by atoms with Gasteiger partial charge in [-0.25, -0.2) is 0 Å². The first-order valence-electron chi connectivity index (χ1n) is 7.30. The minimum Gasteiger partial charge on any atom is -0.388 e. The van der Waals surface area contributed by atoms with E-state index in [1.54, 1.807) is 0 Å². The number of carbonyl (C=O) groups excluding carboxylic acids is 1. The highest BCUT2D eigenvalue weighted by molar-refractivity contribution is 5.96. The maximum atomic E-state index is 11.8. The smallest absolute Gasteiger partial charge is 0.244 e. The van der Waals surface area contributed by atoms with Gasteiger partial charge in [0.2, 0.25) is 5.91 Å². The van der Waals surface area contributed by atoms with Crippen LogP contribution < -0.4 is 5.32 Å². The largest absolute Gasteiger partial charge is 0.388 e. The van der Waals surface area contributed by atoms with Crippen molar-refractivity contribution in [3.63, 3.8) is 0 Å². The Morgan fingerprint density at radius 2 is 2.19 bits per heavy atom. The van der Waals surface area contributed by atoms with Gasteiger partial charge >= 0.3 is 0 Å². The molecule has 1 saturated carbocycles. The number of hydrogen-bond donors (Lipinski definition) is 2. The number of aliphatic hydroxyl groups is 1. The van der Waals surface area contributed by atoms with Crippen molar-refractivity contribution in [1.29, 1.82) is 0 Å². The monoisotopic (exact) mass is 284 g/mol. The molecule has 1 heterocycles. The van der Waals surface area contributed by atoms with Gasteiger partial charge in [0.1, 0.15) is 0 Å². The van der Waals surface area contributed by atoms with E-state index in [-0.39, 0.29) is 5.91 Å². The van der Waals surface area contributed by atoms with Gasteiger partial charge in [-0.2, -0.15) is 0 Å². The van der Waals surface area contributed by atoms with Crippen molar-refractivity contribution in [1.82, 2.24) is 9.88 Å². The van der Waals surface area contributed by atoms with Crippen molar-refractivity contribution < 1.29 is 9.90 Å². The molecule has 2 N–H and O–H groups in total. The molecule has 0 spiro atoms. The summed E-state index contributed by atoms with van der Waals surface area (Å²) in [6, 6.07) is 8.09. The lowest BCUT2D eigenvalue weighted by Crippen LogP contribution is -2.47. The van der Waals surface area contributed by atoms with E-state index in [4.69, 9.17) is 0 Å². The van der Waals surface area contributed by atoms with E-state index in [2.05, 4.69) is 11.4 Å². The molecule has 4 nitrogen and oxygen atoms in total. The van der Waals surface area contributed by atoms with Gasteiger partial charge < -0.3 is 15.0 Å². The SMILES string of the molecule is Cn1cc(C=CC(=O)NCC2(O)CCC2)c2ccccc21. The molecule has 0 bridgehead atoms. The molecule has 1 amide bonds. The van der Waals surface area contributed by atoms with Crippen LogP contribution in [0.1, 0.15) is 24.8 Å². The van der Waals surface area contributed by atoms with Gasteiger partial charge in [0, 0.05) is 42.3 Å². The van der Waals surface area contributed by atoms with Crippen LogP contribution in [-0.4, -0.2) is 27.7 Å². The molecule has 110 valence electrons. The van der Waals surface area contributed by atoms with Crippen molar-refractivity contribution >= 4 is 22.9 Å². The van der Waals surface area contributed by atoms with Crippen molar-refractivity contribution in [2.75, 3.05) is 6.54 Å². The van der Waals surface area contributed by atoms with Gasteiger partial charge in [-0.05, 0) is 31.4 Å². The topological polar surface area (TPSA) is 54.3 Å². The number of benzene rings is 1. The van der Waals surface area contributed by atoms with Crippen molar-refractivity contribution in [2.24, 2.45) is 7.05 Å². The number of hydrogen-bond acceptors (Lipinski definition) is 2. The number of aryl methyl sites for hydroxylation is 1. The van der Waals surface area contributed by atoms with Gasteiger partial charge in [0.25, 0.3) is 0 Å². The molecule has 1 aromatic carbocycles. The van der Waals surface area contributed by atoms with E-state index in [9.17, 15) is 9.90 Å². The number of para-hydroxylation sites is 1. The second-order valence-corrected chi connectivity index (χ2v) is 5.84. The first kappa shape index (κ1) is 13.9. The third kappa shape index (κ3) is 2.85. The summed E-state index contributed by atoms with van der Waals surface area (Å²) < 4.78 is 2.05. The quantitative estimate of drug-likeness (QED) is 0.846. The summed E-state index contributed by atoms with van der Waals surface area (Å²) in [6.07, 6.45) is 7.96. The summed E-state index contributed by atoms with van der Waals surface area (Å²) in [5.41, 5.74) is 1.48. The van der Waals surface area contributed by atoms with Crippen LogP contribution in [0.4, 0.5) is 0 Å². The molecular weight excluding hydrogens is 264 g/mol. The molecule has 3 rings (SSSR count). The zero-order valence-corrected chi connectivity index (χ0v) is 12.2. The number of fused-ring (bicyclic) bond motifs is 1. The second-order valence-electron chi connectivity index (χ2n) is 5.84. The van der Waals surface area contributed by atoms with Gasteiger partial charge in [-0.15, -0.1) is 0 Å². The molecular formula is C17H20N2O2. The van der Waals surface area contributed by atoms with E-state index in [1.807, 2.05) is 42.1 Å². The molecule has 0 radical (unpaired) electrons. The highest BCUT2D eigenvalue weighted by atomic mass is 16.3. The summed E-state index contributed by atoms with van der Waals surface area (Å²) >= 11 is 0. The Labute approximate surface area is 124 Å². The maximum Gasteiger partial charge on any atom is 0.244 e. The van der Waals surface area contributed by atoms with E-state index in [1.165, 1.54) is 6.08 Å². The molecule has 0 aliphatic heterocycles. The second kappa shape index (κ2) is 5.37. The zero-order valence-electron chi connectivity index (χ0n) is 12.2. The maximum absolute atomic E-state index is 11.8. The molecule has 1 aromatic heterocycles. The number of nitrogens with zero attached hydrogens (tertiary/aromatic N) is 1. The Morgan fingerprint density at radius 3 is 2.90 bits per heavy atom. The fourth-order valence-corrected chi connectivity index (χ4v) is 2.74. The van der Waals surface area contributed by atoms with Crippen LogP contribution in [0.15, 0.2) is 36.5 Å². The van der Waals surface area contributed by atoms with Crippen LogP contribution in [0, 0.1) is 0 Å². The normalized spacial score (nSPS) is 17.0. The predicted molar refractivity (Wildman–Crippen MR) is 83.8 cm³/mol. The Kier molecular flexibility index (Phi) is 3.55. The van der Waals surface area contributed by atoms with Crippen molar-refractivity contribution in [3.8, 4) is 0 Å². The third-order valence-electron chi connectivity index (χ3n) is 4.22. The molecule has 2 aromatic rings. The minimum atomic E-state index is -0.678. The van der Waals surface area contributed by atoms with Gasteiger partial charge in [0.05, 0.1) is 5.60 Å². The van der Waals surface area contributed by atoms with Crippen LogP contribution in [0.2, 0.25) is 0 Å². The van der Waals surface area contributed by atoms with E-state index in [0.717, 1.165) is 35.7 Å². The molecule has 0 unspecified atom stereocenters. The number of aromatic nitrogens is 1. The summed E-state index contributed by atoms with van der Waals surface area (Å²) in [6.45, 7) is 0.339. The van der Waals surface area contributed by atoms with Gasteiger partial charge in [-0.1, -0.05) is 18.2 Å². The lowest BCUT2D eigenvalue weighted by Gasteiger charge is -2.36. The third-order valence-corrected chi connectivity index (χ3v) is 4.22. The number of nitrogens with one attached hydrogen (secondary N) is 1. The number of rotatable bonds is 4. The number of amides is 1. The Balaban J connectivity index is 1.68. The van der Waals surface area contributed by atoms with Crippen LogP contribution in [0.25, 0.3) is 17.0 Å². The van der Waals surface area contributed by atoms with Gasteiger partial charge in [-0.3, -0.25) is 4.79 Å². The van der Waals surface area contributed by atoms with Crippen LogP contribution in [0.5, 0.6) is 0 Å². The average molecular weight is 284 g/mol. The van der Waals surface area contributed by atoms with Crippen LogP contribution >= 0.6 is 0 Å². The van der Waals surface area contributed by atoms with Gasteiger partial charge in [0.15, 0.2) is 0 Å². The molecule has 1 aliphatic rings. The highest BCUT2D eigenvalue weighted by Gasteiger charge is 2.34. The van der Waals surface area contributed by atoms with E-state index >= 15 is 0 Å². The van der Waals surface area contributed by atoms with E-state index in [0.29, 0.717) is 6.54 Å². The number of carbonyl (C=O) groups is 1. The summed E-state index contributed by atoms with van der Waals surface area (Å²) in [5, 5.41) is 13.8. The molecule has 1 fully saturated rings.